The van der Waals surface area contributed by atoms with Gasteiger partial charge in [0.05, 0.1) is 11.4 Å². The average molecular weight is 256 g/mol. The molecule has 3 nitrogen and oxygen atoms in total. The minimum atomic E-state index is 0.351. The summed E-state index contributed by atoms with van der Waals surface area (Å²) in [7, 11) is 0. The van der Waals surface area contributed by atoms with E-state index in [1.165, 1.54) is 5.69 Å². The van der Waals surface area contributed by atoms with Crippen LogP contribution in [-0.4, -0.2) is 33.1 Å². The lowest BCUT2D eigenvalue weighted by molar-refractivity contribution is 0.175. The molecule has 2 unspecified atom stereocenters. The number of aromatic nitrogens is 2. The summed E-state index contributed by atoms with van der Waals surface area (Å²) < 4.78 is 2.10. The maximum atomic E-state index is 6.25. The lowest BCUT2D eigenvalue weighted by atomic mass is 9.99. The molecule has 0 bridgehead atoms. The summed E-state index contributed by atoms with van der Waals surface area (Å²) in [5.74, 6) is 0.588. The highest BCUT2D eigenvalue weighted by Gasteiger charge is 2.24. The summed E-state index contributed by atoms with van der Waals surface area (Å²) in [6.07, 6.45) is 1.10. The Morgan fingerprint density at radius 1 is 1.53 bits per heavy atom. The maximum absolute atomic E-state index is 6.25. The second-order valence-corrected chi connectivity index (χ2v) is 5.67. The minimum absolute atomic E-state index is 0.351. The highest BCUT2D eigenvalue weighted by molar-refractivity contribution is 6.20. The quantitative estimate of drug-likeness (QED) is 0.775. The fourth-order valence-corrected chi connectivity index (χ4v) is 2.75. The molecule has 1 fully saturated rings. The first-order valence-corrected chi connectivity index (χ1v) is 6.93. The number of likely N-dealkylation sites (tertiary alicyclic amines) is 1. The Bertz CT molecular complexity index is 375. The summed E-state index contributed by atoms with van der Waals surface area (Å²) in [6, 6.07) is 2.20. The predicted octanol–water partition coefficient (Wildman–Crippen LogP) is 2.66. The number of nitrogens with zero attached hydrogens (tertiary/aromatic N) is 3. The predicted molar refractivity (Wildman–Crippen MR) is 71.3 cm³/mol. The molecule has 1 aliphatic heterocycles. The van der Waals surface area contributed by atoms with Gasteiger partial charge in [0.2, 0.25) is 0 Å². The Hall–Kier alpha value is -0.540. The second kappa shape index (κ2) is 5.40. The van der Waals surface area contributed by atoms with Crippen LogP contribution >= 0.6 is 11.6 Å². The van der Waals surface area contributed by atoms with Crippen LogP contribution in [0.25, 0.3) is 0 Å². The number of hydrogen-bond acceptors (Lipinski definition) is 2. The summed E-state index contributed by atoms with van der Waals surface area (Å²) in [5.41, 5.74) is 2.44. The van der Waals surface area contributed by atoms with Crippen molar-refractivity contribution in [3.8, 4) is 0 Å². The molecule has 1 aromatic rings. The third-order valence-corrected chi connectivity index (χ3v) is 4.20. The number of halogens is 1. The van der Waals surface area contributed by atoms with Crippen LogP contribution in [0.5, 0.6) is 0 Å². The molecule has 0 saturated carbocycles. The molecule has 0 spiro atoms. The first-order valence-electron chi connectivity index (χ1n) is 6.50. The monoisotopic (exact) mass is 255 g/mol. The molecule has 1 aromatic heterocycles. The molecule has 1 saturated heterocycles. The van der Waals surface area contributed by atoms with Gasteiger partial charge in [-0.15, -0.1) is 11.6 Å². The van der Waals surface area contributed by atoms with Crippen molar-refractivity contribution < 1.29 is 0 Å². The molecular formula is C13H22ClN3. The molecule has 0 aromatic carbocycles. The first-order chi connectivity index (χ1) is 8.10. The summed E-state index contributed by atoms with van der Waals surface area (Å²) in [6.45, 7) is 10.6. The van der Waals surface area contributed by atoms with Crippen LogP contribution < -0.4 is 0 Å². The Morgan fingerprint density at radius 2 is 2.29 bits per heavy atom. The van der Waals surface area contributed by atoms with Crippen LogP contribution in [0.3, 0.4) is 0 Å². The highest BCUT2D eigenvalue weighted by atomic mass is 35.5. The normalized spacial score (nSPS) is 26.4. The van der Waals surface area contributed by atoms with E-state index in [-0.39, 0.29) is 0 Å². The number of alkyl halides is 1. The van der Waals surface area contributed by atoms with E-state index in [1.54, 1.807) is 0 Å². The molecule has 2 heterocycles. The molecule has 0 amide bonds. The van der Waals surface area contributed by atoms with Gasteiger partial charge in [-0.1, -0.05) is 6.92 Å². The van der Waals surface area contributed by atoms with Gasteiger partial charge < -0.3 is 0 Å². The van der Waals surface area contributed by atoms with Gasteiger partial charge in [-0.3, -0.25) is 9.58 Å². The zero-order valence-electron chi connectivity index (χ0n) is 11.0. The number of rotatable bonds is 3. The lowest BCUT2D eigenvalue weighted by Crippen LogP contribution is -2.39. The van der Waals surface area contributed by atoms with Gasteiger partial charge in [-0.2, -0.15) is 5.10 Å². The lowest BCUT2D eigenvalue weighted by Gasteiger charge is -2.34. The SMILES string of the molecule is CCn1nc(C)cc1CN1CCC(Cl)C(C)C1. The maximum Gasteiger partial charge on any atom is 0.0597 e. The van der Waals surface area contributed by atoms with Gasteiger partial charge in [0, 0.05) is 25.0 Å². The van der Waals surface area contributed by atoms with Crippen molar-refractivity contribution in [2.45, 2.75) is 45.7 Å². The van der Waals surface area contributed by atoms with Gasteiger partial charge >= 0.3 is 0 Å². The van der Waals surface area contributed by atoms with E-state index < -0.39 is 0 Å². The third kappa shape index (κ3) is 3.02. The van der Waals surface area contributed by atoms with Crippen LogP contribution in [0.15, 0.2) is 6.07 Å². The molecule has 4 heteroatoms. The topological polar surface area (TPSA) is 21.1 Å². The van der Waals surface area contributed by atoms with Crippen LogP contribution in [0.1, 0.15) is 31.7 Å². The van der Waals surface area contributed by atoms with Crippen LogP contribution in [0.4, 0.5) is 0 Å². The van der Waals surface area contributed by atoms with E-state index in [1.807, 2.05) is 0 Å². The van der Waals surface area contributed by atoms with Gasteiger partial charge in [0.1, 0.15) is 0 Å². The molecular weight excluding hydrogens is 234 g/mol. The van der Waals surface area contributed by atoms with Crippen LogP contribution in [-0.2, 0) is 13.1 Å². The smallest absolute Gasteiger partial charge is 0.0597 e. The zero-order valence-corrected chi connectivity index (χ0v) is 11.7. The van der Waals surface area contributed by atoms with Crippen molar-refractivity contribution in [3.05, 3.63) is 17.5 Å². The van der Waals surface area contributed by atoms with Gasteiger partial charge in [0.25, 0.3) is 0 Å². The number of hydrogen-bond donors (Lipinski definition) is 0. The van der Waals surface area contributed by atoms with Crippen LogP contribution in [0, 0.1) is 12.8 Å². The van der Waals surface area contributed by atoms with Gasteiger partial charge in [0.15, 0.2) is 0 Å². The van der Waals surface area contributed by atoms with Gasteiger partial charge in [-0.05, 0) is 38.8 Å². The molecule has 96 valence electrons. The molecule has 0 radical (unpaired) electrons. The van der Waals surface area contributed by atoms with Crippen molar-refractivity contribution >= 4 is 11.6 Å². The Kier molecular flexibility index (Phi) is 4.10. The van der Waals surface area contributed by atoms with Crippen molar-refractivity contribution in [3.63, 3.8) is 0 Å². The van der Waals surface area contributed by atoms with E-state index >= 15 is 0 Å². The van der Waals surface area contributed by atoms with E-state index in [0.29, 0.717) is 11.3 Å². The summed E-state index contributed by atoms with van der Waals surface area (Å²) in [5, 5.41) is 4.84. The van der Waals surface area contributed by atoms with E-state index in [4.69, 9.17) is 11.6 Å². The fraction of sp³-hybridized carbons (Fsp3) is 0.769. The van der Waals surface area contributed by atoms with Crippen LogP contribution in [0.2, 0.25) is 0 Å². The molecule has 0 N–H and O–H groups in total. The zero-order chi connectivity index (χ0) is 12.4. The van der Waals surface area contributed by atoms with Crippen molar-refractivity contribution in [2.24, 2.45) is 5.92 Å². The van der Waals surface area contributed by atoms with Gasteiger partial charge in [-0.25, -0.2) is 0 Å². The first kappa shape index (κ1) is 12.9. The molecule has 17 heavy (non-hydrogen) atoms. The molecule has 2 rings (SSSR count). The van der Waals surface area contributed by atoms with E-state index in [0.717, 1.165) is 38.3 Å². The molecule has 1 aliphatic rings. The standard InChI is InChI=1S/C13H22ClN3/c1-4-17-12(7-11(3)15-17)9-16-6-5-13(14)10(2)8-16/h7,10,13H,4-6,8-9H2,1-3H3. The molecule has 0 aliphatic carbocycles. The Labute approximate surface area is 109 Å². The third-order valence-electron chi connectivity index (χ3n) is 3.56. The van der Waals surface area contributed by atoms with E-state index in [2.05, 4.69) is 41.5 Å². The van der Waals surface area contributed by atoms with Crippen molar-refractivity contribution in [1.29, 1.82) is 0 Å². The number of piperidine rings is 1. The van der Waals surface area contributed by atoms with E-state index in [9.17, 15) is 0 Å². The van der Waals surface area contributed by atoms with Crippen molar-refractivity contribution in [2.75, 3.05) is 13.1 Å². The Balaban J connectivity index is 2.00. The Morgan fingerprint density at radius 3 is 2.94 bits per heavy atom. The summed E-state index contributed by atoms with van der Waals surface area (Å²) in [4.78, 5) is 2.49. The minimum Gasteiger partial charge on any atom is -0.297 e. The largest absolute Gasteiger partial charge is 0.297 e. The average Bonchev–Trinajstić information content (AvgIpc) is 2.64. The molecule has 2 atom stereocenters. The summed E-state index contributed by atoms with van der Waals surface area (Å²) >= 11 is 6.25. The number of aryl methyl sites for hydroxylation is 2. The second-order valence-electron chi connectivity index (χ2n) is 5.11. The fourth-order valence-electron chi connectivity index (χ4n) is 2.58. The highest BCUT2D eigenvalue weighted by Crippen LogP contribution is 2.23. The van der Waals surface area contributed by atoms with Crippen molar-refractivity contribution in [1.82, 2.24) is 14.7 Å².